The van der Waals surface area contributed by atoms with Gasteiger partial charge in [-0.3, -0.25) is 4.79 Å². The number of sulfone groups is 1. The molecule has 2 aliphatic rings. The summed E-state index contributed by atoms with van der Waals surface area (Å²) in [6, 6.07) is 0. The Kier molecular flexibility index (Phi) is 5.03. The van der Waals surface area contributed by atoms with Crippen molar-refractivity contribution in [3.8, 4) is 0 Å². The van der Waals surface area contributed by atoms with Crippen molar-refractivity contribution in [2.45, 2.75) is 31.7 Å². The fourth-order valence-corrected chi connectivity index (χ4v) is 4.29. The summed E-state index contributed by atoms with van der Waals surface area (Å²) in [7, 11) is -2.96. The summed E-state index contributed by atoms with van der Waals surface area (Å²) in [6.45, 7) is 2.98. The summed E-state index contributed by atoms with van der Waals surface area (Å²) in [5.74, 6) is 0.878. The van der Waals surface area contributed by atoms with Gasteiger partial charge in [0.15, 0.2) is 9.84 Å². The molecule has 0 aromatic carbocycles. The minimum atomic E-state index is -2.96. The number of nitrogens with one attached hydrogen (secondary N) is 2. The highest BCUT2D eigenvalue weighted by Crippen LogP contribution is 2.27. The molecule has 0 bridgehead atoms. The molecule has 1 saturated carbocycles. The van der Waals surface area contributed by atoms with Gasteiger partial charge in [-0.25, -0.2) is 8.42 Å². The SMILES string of the molecule is CC1(NC(=O)CNCC2CC2)CCS(=O)(=O)C1.Cl. The molecule has 1 amide bonds. The quantitative estimate of drug-likeness (QED) is 0.755. The molecule has 0 radical (unpaired) electrons. The molecule has 1 saturated heterocycles. The molecule has 1 heterocycles. The van der Waals surface area contributed by atoms with Crippen LogP contribution in [0.25, 0.3) is 0 Å². The van der Waals surface area contributed by atoms with Crippen molar-refractivity contribution in [1.29, 1.82) is 0 Å². The Morgan fingerprint density at radius 3 is 2.56 bits per heavy atom. The molecule has 1 unspecified atom stereocenters. The van der Waals surface area contributed by atoms with E-state index < -0.39 is 15.4 Å². The highest BCUT2D eigenvalue weighted by Gasteiger charge is 2.39. The van der Waals surface area contributed by atoms with Gasteiger partial charge in [0.2, 0.25) is 5.91 Å². The second-order valence-electron chi connectivity index (χ2n) is 5.53. The summed E-state index contributed by atoms with van der Waals surface area (Å²) in [5, 5.41) is 5.92. The van der Waals surface area contributed by atoms with Crippen LogP contribution in [-0.4, -0.2) is 44.5 Å². The molecule has 2 rings (SSSR count). The van der Waals surface area contributed by atoms with Crippen LogP contribution in [0.2, 0.25) is 0 Å². The molecule has 7 heteroatoms. The molecular formula is C11H21ClN2O3S. The number of carbonyl (C=O) groups excluding carboxylic acids is 1. The first-order valence-electron chi connectivity index (χ1n) is 6.11. The molecule has 5 nitrogen and oxygen atoms in total. The summed E-state index contributed by atoms with van der Waals surface area (Å²) >= 11 is 0. The molecular weight excluding hydrogens is 276 g/mol. The third-order valence-corrected chi connectivity index (χ3v) is 5.26. The van der Waals surface area contributed by atoms with Gasteiger partial charge in [0, 0.05) is 0 Å². The molecule has 1 aliphatic heterocycles. The third kappa shape index (κ3) is 4.74. The highest BCUT2D eigenvalue weighted by molar-refractivity contribution is 7.91. The van der Waals surface area contributed by atoms with E-state index in [1.54, 1.807) is 6.92 Å². The third-order valence-electron chi connectivity index (χ3n) is 3.36. The van der Waals surface area contributed by atoms with Crippen molar-refractivity contribution < 1.29 is 13.2 Å². The Balaban J connectivity index is 0.00000162. The van der Waals surface area contributed by atoms with Crippen molar-refractivity contribution in [2.24, 2.45) is 5.92 Å². The van der Waals surface area contributed by atoms with Crippen LogP contribution in [-0.2, 0) is 14.6 Å². The average molecular weight is 297 g/mol. The fourth-order valence-electron chi connectivity index (χ4n) is 2.20. The van der Waals surface area contributed by atoms with Crippen LogP contribution in [0, 0.1) is 5.92 Å². The lowest BCUT2D eigenvalue weighted by molar-refractivity contribution is -0.121. The number of halogens is 1. The van der Waals surface area contributed by atoms with Crippen molar-refractivity contribution >= 4 is 28.2 Å². The first-order chi connectivity index (χ1) is 7.89. The van der Waals surface area contributed by atoms with E-state index >= 15 is 0 Å². The Labute approximate surface area is 114 Å². The van der Waals surface area contributed by atoms with Crippen LogP contribution in [0.1, 0.15) is 26.2 Å². The monoisotopic (exact) mass is 296 g/mol. The van der Waals surface area contributed by atoms with Gasteiger partial charge in [0.1, 0.15) is 0 Å². The summed E-state index contributed by atoms with van der Waals surface area (Å²) in [5.41, 5.74) is -0.572. The normalized spacial score (nSPS) is 29.6. The van der Waals surface area contributed by atoms with Crippen LogP contribution in [0.4, 0.5) is 0 Å². The lowest BCUT2D eigenvalue weighted by Gasteiger charge is -2.23. The van der Waals surface area contributed by atoms with E-state index in [-0.39, 0.29) is 36.4 Å². The molecule has 2 N–H and O–H groups in total. The number of rotatable bonds is 5. The predicted octanol–water partition coefficient (Wildman–Crippen LogP) is 0.101. The number of hydrogen-bond acceptors (Lipinski definition) is 4. The maximum atomic E-state index is 11.6. The van der Waals surface area contributed by atoms with Crippen LogP contribution in [0.15, 0.2) is 0 Å². The highest BCUT2D eigenvalue weighted by atomic mass is 35.5. The van der Waals surface area contributed by atoms with Crippen molar-refractivity contribution in [1.82, 2.24) is 10.6 Å². The first-order valence-corrected chi connectivity index (χ1v) is 7.93. The van der Waals surface area contributed by atoms with Gasteiger partial charge in [-0.2, -0.15) is 0 Å². The molecule has 1 atom stereocenters. The van der Waals surface area contributed by atoms with Crippen LogP contribution in [0.5, 0.6) is 0 Å². The first kappa shape index (κ1) is 15.7. The smallest absolute Gasteiger partial charge is 0.234 e. The number of carbonyl (C=O) groups is 1. The van der Waals surface area contributed by atoms with E-state index in [1.807, 2.05) is 0 Å². The standard InChI is InChI=1S/C11H20N2O3S.ClH/c1-11(4-5-17(15,16)8-11)13-10(14)7-12-6-9-2-3-9;/h9,12H,2-8H2,1H3,(H,13,14);1H. The topological polar surface area (TPSA) is 75.3 Å². The lowest BCUT2D eigenvalue weighted by Crippen LogP contribution is -2.49. The van der Waals surface area contributed by atoms with E-state index in [0.29, 0.717) is 6.42 Å². The van der Waals surface area contributed by atoms with Crippen LogP contribution < -0.4 is 10.6 Å². The van der Waals surface area contributed by atoms with Crippen LogP contribution >= 0.6 is 12.4 Å². The van der Waals surface area contributed by atoms with E-state index in [4.69, 9.17) is 0 Å². The second-order valence-corrected chi connectivity index (χ2v) is 7.71. The zero-order valence-electron chi connectivity index (χ0n) is 10.6. The molecule has 0 spiro atoms. The van der Waals surface area contributed by atoms with Crippen molar-refractivity contribution in [2.75, 3.05) is 24.6 Å². The van der Waals surface area contributed by atoms with E-state index in [2.05, 4.69) is 10.6 Å². The van der Waals surface area contributed by atoms with Gasteiger partial charge in [0.25, 0.3) is 0 Å². The predicted molar refractivity (Wildman–Crippen MR) is 72.7 cm³/mol. The minimum Gasteiger partial charge on any atom is -0.349 e. The Hall–Kier alpha value is -0.330. The van der Waals surface area contributed by atoms with Gasteiger partial charge in [-0.1, -0.05) is 0 Å². The van der Waals surface area contributed by atoms with Gasteiger partial charge >= 0.3 is 0 Å². The fraction of sp³-hybridized carbons (Fsp3) is 0.909. The van der Waals surface area contributed by atoms with Crippen molar-refractivity contribution in [3.05, 3.63) is 0 Å². The van der Waals surface area contributed by atoms with Crippen LogP contribution in [0.3, 0.4) is 0 Å². The molecule has 18 heavy (non-hydrogen) atoms. The number of amides is 1. The lowest BCUT2D eigenvalue weighted by atomic mass is 10.0. The maximum Gasteiger partial charge on any atom is 0.234 e. The zero-order chi connectivity index (χ0) is 12.5. The molecule has 0 aromatic rings. The zero-order valence-corrected chi connectivity index (χ0v) is 12.2. The van der Waals surface area contributed by atoms with Gasteiger partial charge < -0.3 is 10.6 Å². The van der Waals surface area contributed by atoms with Gasteiger partial charge in [-0.05, 0) is 38.6 Å². The van der Waals surface area contributed by atoms with E-state index in [9.17, 15) is 13.2 Å². The van der Waals surface area contributed by atoms with Gasteiger partial charge in [0.05, 0.1) is 23.6 Å². The minimum absolute atomic E-state index is 0. The molecule has 2 fully saturated rings. The summed E-state index contributed by atoms with van der Waals surface area (Å²) in [6.07, 6.45) is 3.03. The van der Waals surface area contributed by atoms with E-state index in [1.165, 1.54) is 12.8 Å². The largest absolute Gasteiger partial charge is 0.349 e. The Bertz CT molecular complexity index is 409. The van der Waals surface area contributed by atoms with E-state index in [0.717, 1.165) is 12.5 Å². The summed E-state index contributed by atoms with van der Waals surface area (Å²) in [4.78, 5) is 11.6. The van der Waals surface area contributed by atoms with Crippen molar-refractivity contribution in [3.63, 3.8) is 0 Å². The number of hydrogen-bond donors (Lipinski definition) is 2. The van der Waals surface area contributed by atoms with Gasteiger partial charge in [-0.15, -0.1) is 12.4 Å². The summed E-state index contributed by atoms with van der Waals surface area (Å²) < 4.78 is 22.7. The molecule has 0 aromatic heterocycles. The Morgan fingerprint density at radius 1 is 1.39 bits per heavy atom. The average Bonchev–Trinajstić information content (AvgIpc) is 2.94. The Morgan fingerprint density at radius 2 is 2.06 bits per heavy atom. The molecule has 106 valence electrons. The molecule has 1 aliphatic carbocycles. The maximum absolute atomic E-state index is 11.6. The second kappa shape index (κ2) is 5.75.